The lowest BCUT2D eigenvalue weighted by atomic mass is 10.2. The molecule has 1 aromatic rings. The topological polar surface area (TPSA) is 66.8 Å². The van der Waals surface area contributed by atoms with E-state index >= 15 is 0 Å². The summed E-state index contributed by atoms with van der Waals surface area (Å²) in [5.74, 6) is -1.29. The van der Waals surface area contributed by atoms with Crippen LogP contribution in [-0.4, -0.2) is 22.8 Å². The van der Waals surface area contributed by atoms with Crippen LogP contribution in [0, 0.1) is 10.7 Å². The molecule has 1 rings (SSSR count). The molecule has 0 aliphatic rings. The van der Waals surface area contributed by atoms with E-state index in [1.807, 2.05) is 74.7 Å². The molecule has 0 bridgehead atoms. The Kier molecular flexibility index (Phi) is 6.72. The molecule has 2 N–H and O–H groups in total. The maximum absolute atomic E-state index is 11.9. The quantitative estimate of drug-likeness (QED) is 0.185. The van der Waals surface area contributed by atoms with Crippen LogP contribution in [0.3, 0.4) is 0 Å². The van der Waals surface area contributed by atoms with Crippen LogP contribution in [0.1, 0.15) is 30.1 Å². The van der Waals surface area contributed by atoms with E-state index in [-0.39, 0.29) is 11.3 Å². The molecule has 100 valence electrons. The predicted octanol–water partition coefficient (Wildman–Crippen LogP) is 3.87. The van der Waals surface area contributed by atoms with Gasteiger partial charge in [0.25, 0.3) is 0 Å². The van der Waals surface area contributed by atoms with Gasteiger partial charge in [-0.1, -0.05) is 13.3 Å². The summed E-state index contributed by atoms with van der Waals surface area (Å²) in [6.45, 7) is 2.31. The highest BCUT2D eigenvalue weighted by atomic mass is 127. The SMILES string of the molecule is CCCCOC(=O)c1c(O)c(O)c(I)c(I)c1I. The molecule has 0 aliphatic carbocycles. The molecule has 0 aromatic heterocycles. The van der Waals surface area contributed by atoms with Crippen molar-refractivity contribution in [2.75, 3.05) is 6.61 Å². The van der Waals surface area contributed by atoms with Crippen molar-refractivity contribution in [3.63, 3.8) is 0 Å². The van der Waals surface area contributed by atoms with Crippen LogP contribution in [0.4, 0.5) is 0 Å². The lowest BCUT2D eigenvalue weighted by Gasteiger charge is -2.12. The first-order chi connectivity index (χ1) is 8.41. The molecular weight excluding hydrogens is 577 g/mol. The van der Waals surface area contributed by atoms with Gasteiger partial charge in [-0.2, -0.15) is 0 Å². The van der Waals surface area contributed by atoms with Gasteiger partial charge in [0.1, 0.15) is 5.56 Å². The van der Waals surface area contributed by atoms with Gasteiger partial charge in [0, 0.05) is 7.14 Å². The number of phenols is 2. The van der Waals surface area contributed by atoms with Gasteiger partial charge in [-0.3, -0.25) is 0 Å². The minimum Gasteiger partial charge on any atom is -0.504 e. The number of carbonyl (C=O) groups excluding carboxylic acids is 1. The highest BCUT2D eigenvalue weighted by molar-refractivity contribution is 14.1. The van der Waals surface area contributed by atoms with Gasteiger partial charge in [0.2, 0.25) is 0 Å². The Morgan fingerprint density at radius 3 is 2.28 bits per heavy atom. The maximum atomic E-state index is 11.9. The van der Waals surface area contributed by atoms with Crippen LogP contribution in [0.15, 0.2) is 0 Å². The van der Waals surface area contributed by atoms with E-state index in [9.17, 15) is 15.0 Å². The van der Waals surface area contributed by atoms with Gasteiger partial charge < -0.3 is 14.9 Å². The number of esters is 1. The maximum Gasteiger partial charge on any atom is 0.343 e. The van der Waals surface area contributed by atoms with Gasteiger partial charge in [-0.15, -0.1) is 0 Å². The smallest absolute Gasteiger partial charge is 0.343 e. The van der Waals surface area contributed by atoms with E-state index in [2.05, 4.69) is 0 Å². The largest absolute Gasteiger partial charge is 0.504 e. The van der Waals surface area contributed by atoms with Crippen molar-refractivity contribution in [1.82, 2.24) is 0 Å². The molecule has 0 aliphatic heterocycles. The summed E-state index contributed by atoms with van der Waals surface area (Å²) < 4.78 is 6.91. The number of unbranched alkanes of at least 4 members (excludes halogenated alkanes) is 1. The van der Waals surface area contributed by atoms with Crippen molar-refractivity contribution in [1.29, 1.82) is 0 Å². The van der Waals surface area contributed by atoms with Crippen molar-refractivity contribution in [3.05, 3.63) is 16.3 Å². The van der Waals surface area contributed by atoms with Gasteiger partial charge >= 0.3 is 5.97 Å². The molecule has 0 fully saturated rings. The fourth-order valence-electron chi connectivity index (χ4n) is 1.20. The van der Waals surface area contributed by atoms with Crippen LogP contribution in [0.2, 0.25) is 0 Å². The normalized spacial score (nSPS) is 10.4. The average Bonchev–Trinajstić information content (AvgIpc) is 2.34. The van der Waals surface area contributed by atoms with Crippen molar-refractivity contribution >= 4 is 73.7 Å². The number of phenolic OH excluding ortho intramolecular Hbond substituents is 2. The predicted molar refractivity (Wildman–Crippen MR) is 93.1 cm³/mol. The Hall–Kier alpha value is 0.480. The number of benzene rings is 1. The molecule has 1 aromatic carbocycles. The Balaban J connectivity index is 3.13. The molecule has 0 atom stereocenters. The first kappa shape index (κ1) is 16.5. The van der Waals surface area contributed by atoms with Crippen molar-refractivity contribution in [2.24, 2.45) is 0 Å². The minimum atomic E-state index is -0.602. The third kappa shape index (κ3) is 3.52. The molecule has 0 spiro atoms. The monoisotopic (exact) mass is 588 g/mol. The second-order valence-electron chi connectivity index (χ2n) is 3.50. The molecule has 0 radical (unpaired) electrons. The number of carbonyl (C=O) groups is 1. The number of aromatic hydroxyl groups is 2. The van der Waals surface area contributed by atoms with Gasteiger partial charge in [0.15, 0.2) is 11.5 Å². The van der Waals surface area contributed by atoms with Gasteiger partial charge in [-0.25, -0.2) is 4.79 Å². The highest BCUT2D eigenvalue weighted by Gasteiger charge is 2.25. The molecule has 18 heavy (non-hydrogen) atoms. The second-order valence-corrected chi connectivity index (χ2v) is 6.74. The van der Waals surface area contributed by atoms with Crippen molar-refractivity contribution in [3.8, 4) is 11.5 Å². The standard InChI is InChI=1S/C11H11I3O4/c1-2-3-4-18-11(17)5-6(12)7(13)8(14)10(16)9(5)15/h15-16H,2-4H2,1H3. The summed E-state index contributed by atoms with van der Waals surface area (Å²) in [5.41, 5.74) is 0.0361. The second kappa shape index (κ2) is 7.31. The Labute approximate surface area is 146 Å². The lowest BCUT2D eigenvalue weighted by molar-refractivity contribution is 0.0494. The first-order valence-electron chi connectivity index (χ1n) is 5.17. The van der Waals surface area contributed by atoms with E-state index in [1.54, 1.807) is 0 Å². The van der Waals surface area contributed by atoms with E-state index < -0.39 is 11.7 Å². The fraction of sp³-hybridized carbons (Fsp3) is 0.364. The molecule has 0 saturated heterocycles. The molecular formula is C11H11I3O4. The molecule has 7 heteroatoms. The third-order valence-corrected chi connectivity index (χ3v) is 7.48. The summed E-state index contributed by atoms with van der Waals surface area (Å²) in [6.07, 6.45) is 1.70. The summed E-state index contributed by atoms with van der Waals surface area (Å²) in [6, 6.07) is 0. The van der Waals surface area contributed by atoms with Gasteiger partial charge in [0.05, 0.1) is 10.2 Å². The lowest BCUT2D eigenvalue weighted by Crippen LogP contribution is -2.10. The number of ether oxygens (including phenoxy) is 1. The first-order valence-corrected chi connectivity index (χ1v) is 8.40. The zero-order valence-electron chi connectivity index (χ0n) is 9.47. The molecule has 4 nitrogen and oxygen atoms in total. The van der Waals surface area contributed by atoms with Crippen LogP contribution < -0.4 is 0 Å². The summed E-state index contributed by atoms with van der Waals surface area (Å²) in [5, 5.41) is 19.6. The van der Waals surface area contributed by atoms with Crippen LogP contribution in [-0.2, 0) is 4.74 Å². The molecule has 0 amide bonds. The summed E-state index contributed by atoms with van der Waals surface area (Å²) in [4.78, 5) is 11.9. The van der Waals surface area contributed by atoms with Crippen molar-refractivity contribution in [2.45, 2.75) is 19.8 Å². The average molecular weight is 588 g/mol. The zero-order valence-corrected chi connectivity index (χ0v) is 15.9. The third-order valence-electron chi connectivity index (χ3n) is 2.21. The highest BCUT2D eigenvalue weighted by Crippen LogP contribution is 2.40. The van der Waals surface area contributed by atoms with E-state index in [0.29, 0.717) is 13.7 Å². The molecule has 0 saturated carbocycles. The van der Waals surface area contributed by atoms with Crippen LogP contribution in [0.25, 0.3) is 0 Å². The van der Waals surface area contributed by atoms with E-state index in [4.69, 9.17) is 4.74 Å². The zero-order chi connectivity index (χ0) is 13.9. The number of rotatable bonds is 4. The van der Waals surface area contributed by atoms with Crippen LogP contribution >= 0.6 is 67.8 Å². The number of hydrogen-bond acceptors (Lipinski definition) is 4. The Morgan fingerprint density at radius 1 is 1.11 bits per heavy atom. The summed E-state index contributed by atoms with van der Waals surface area (Å²) >= 11 is 5.91. The Morgan fingerprint density at radius 2 is 1.72 bits per heavy atom. The fourth-order valence-corrected chi connectivity index (χ4v) is 3.52. The Bertz CT molecular complexity index is 445. The van der Waals surface area contributed by atoms with Crippen molar-refractivity contribution < 1.29 is 19.7 Å². The molecule has 0 heterocycles. The number of hydrogen-bond donors (Lipinski definition) is 2. The molecule has 0 unspecified atom stereocenters. The van der Waals surface area contributed by atoms with E-state index in [1.165, 1.54) is 0 Å². The van der Waals surface area contributed by atoms with Crippen LogP contribution in [0.5, 0.6) is 11.5 Å². The van der Waals surface area contributed by atoms with Gasteiger partial charge in [-0.05, 0) is 74.2 Å². The van der Waals surface area contributed by atoms with E-state index in [0.717, 1.165) is 16.4 Å². The number of halogens is 3. The minimum absolute atomic E-state index is 0.0361. The summed E-state index contributed by atoms with van der Waals surface area (Å²) in [7, 11) is 0.